The van der Waals surface area contributed by atoms with Gasteiger partial charge in [-0.15, -0.1) is 0 Å². The molecular formula is C24H37ClO4Ti. The molecular weight excluding hydrogens is 436 g/mol. The molecule has 6 heteroatoms. The van der Waals surface area contributed by atoms with Crippen molar-refractivity contribution in [1.29, 1.82) is 0 Å². The zero-order chi connectivity index (χ0) is 21.2. The average molecular weight is 473 g/mol. The number of carbonyl (C=O) groups excluding carboxylic acids is 2. The fraction of sp³-hybridized carbons (Fsp3) is 0.750. The molecule has 3 aliphatic rings. The SMILES string of the molecule is CC1=C(C)C(C)(C)[C]([Ti+]([O]C(=O)C2CCCCC2)[O]C(=O)C2CCCCC2)=C1C.[Cl-]. The number of hydrogen-bond acceptors (Lipinski definition) is 4. The van der Waals surface area contributed by atoms with Crippen molar-refractivity contribution in [3.8, 4) is 0 Å². The third-order valence-electron chi connectivity index (χ3n) is 7.53. The second kappa shape index (κ2) is 10.8. The molecule has 0 bridgehead atoms. The van der Waals surface area contributed by atoms with Crippen molar-refractivity contribution in [1.82, 2.24) is 0 Å². The van der Waals surface area contributed by atoms with Crippen molar-refractivity contribution in [3.05, 3.63) is 20.6 Å². The minimum absolute atomic E-state index is 0. The Balaban J connectivity index is 0.00000320. The maximum atomic E-state index is 13.0. The number of carbonyl (C=O) groups is 2. The van der Waals surface area contributed by atoms with E-state index < -0.39 is 18.6 Å². The van der Waals surface area contributed by atoms with Crippen molar-refractivity contribution in [2.24, 2.45) is 17.3 Å². The Bertz CT molecular complexity index is 681. The van der Waals surface area contributed by atoms with Gasteiger partial charge in [-0.3, -0.25) is 0 Å². The Morgan fingerprint density at radius 2 is 1.17 bits per heavy atom. The van der Waals surface area contributed by atoms with Crippen molar-refractivity contribution < 1.29 is 47.3 Å². The van der Waals surface area contributed by atoms with E-state index in [4.69, 9.17) is 6.64 Å². The van der Waals surface area contributed by atoms with Crippen LogP contribution >= 0.6 is 0 Å². The maximum Gasteiger partial charge on any atom is -1.00 e. The molecule has 0 unspecified atom stereocenters. The summed E-state index contributed by atoms with van der Waals surface area (Å²) < 4.78 is 13.4. The summed E-state index contributed by atoms with van der Waals surface area (Å²) in [5, 5.41) is 0. The number of rotatable bonds is 5. The second-order valence-electron chi connectivity index (χ2n) is 9.67. The van der Waals surface area contributed by atoms with E-state index in [1.807, 2.05) is 0 Å². The molecule has 168 valence electrons. The fourth-order valence-electron chi connectivity index (χ4n) is 5.15. The topological polar surface area (TPSA) is 52.6 Å². The van der Waals surface area contributed by atoms with Crippen LogP contribution in [-0.4, -0.2) is 11.9 Å². The van der Waals surface area contributed by atoms with Crippen molar-refractivity contribution in [3.63, 3.8) is 0 Å². The summed E-state index contributed by atoms with van der Waals surface area (Å²) in [6.07, 6.45) is 10.4. The molecule has 0 saturated heterocycles. The van der Waals surface area contributed by atoms with Crippen molar-refractivity contribution in [2.75, 3.05) is 0 Å². The summed E-state index contributed by atoms with van der Waals surface area (Å²) in [4.78, 5) is 26.0. The van der Waals surface area contributed by atoms with Crippen LogP contribution in [0.25, 0.3) is 0 Å². The first-order valence-corrected chi connectivity index (χ1v) is 13.5. The molecule has 30 heavy (non-hydrogen) atoms. The largest absolute Gasteiger partial charge is 1.00 e. The van der Waals surface area contributed by atoms with E-state index in [9.17, 15) is 9.59 Å². The predicted octanol–water partition coefficient (Wildman–Crippen LogP) is 3.34. The van der Waals surface area contributed by atoms with Gasteiger partial charge in [-0.2, -0.15) is 0 Å². The van der Waals surface area contributed by atoms with Gasteiger partial charge in [0.15, 0.2) is 0 Å². The van der Waals surface area contributed by atoms with Crippen LogP contribution in [0, 0.1) is 17.3 Å². The van der Waals surface area contributed by atoms with E-state index in [1.54, 1.807) is 0 Å². The van der Waals surface area contributed by atoms with Crippen LogP contribution in [-0.2, 0) is 34.9 Å². The van der Waals surface area contributed by atoms with Crippen LogP contribution in [0.3, 0.4) is 0 Å². The quantitative estimate of drug-likeness (QED) is 0.576. The monoisotopic (exact) mass is 472 g/mol. The van der Waals surface area contributed by atoms with Gasteiger partial charge in [0.25, 0.3) is 0 Å². The Morgan fingerprint density at radius 3 is 1.50 bits per heavy atom. The minimum Gasteiger partial charge on any atom is -1.00 e. The van der Waals surface area contributed by atoms with Gasteiger partial charge in [0, 0.05) is 0 Å². The smallest absolute Gasteiger partial charge is 1.00 e. The molecule has 0 radical (unpaired) electrons. The van der Waals surface area contributed by atoms with E-state index in [-0.39, 0.29) is 41.6 Å². The van der Waals surface area contributed by atoms with Gasteiger partial charge in [-0.1, -0.05) is 0 Å². The molecule has 0 aromatic rings. The number of hydrogen-bond donors (Lipinski definition) is 0. The van der Waals surface area contributed by atoms with Gasteiger partial charge in [-0.05, 0) is 0 Å². The summed E-state index contributed by atoms with van der Waals surface area (Å²) >= 11 is -3.01. The normalized spacial score (nSPS) is 22.6. The van der Waals surface area contributed by atoms with Crippen LogP contribution in [0.15, 0.2) is 20.6 Å². The molecule has 0 heterocycles. The van der Waals surface area contributed by atoms with Gasteiger partial charge < -0.3 is 12.4 Å². The molecule has 3 aliphatic carbocycles. The molecule has 4 nitrogen and oxygen atoms in total. The molecule has 2 fully saturated rings. The van der Waals surface area contributed by atoms with E-state index in [1.165, 1.54) is 24.0 Å². The first-order chi connectivity index (χ1) is 13.7. The van der Waals surface area contributed by atoms with E-state index in [2.05, 4.69) is 34.6 Å². The summed E-state index contributed by atoms with van der Waals surface area (Å²) in [5.74, 6) is -0.315. The van der Waals surface area contributed by atoms with E-state index in [0.717, 1.165) is 60.8 Å². The van der Waals surface area contributed by atoms with Gasteiger partial charge in [-0.25, -0.2) is 0 Å². The van der Waals surface area contributed by atoms with Crippen LogP contribution in [0.2, 0.25) is 0 Å². The summed E-state index contributed by atoms with van der Waals surface area (Å²) in [6.45, 7) is 10.7. The first kappa shape index (κ1) is 25.7. The van der Waals surface area contributed by atoms with Crippen molar-refractivity contribution in [2.45, 2.75) is 98.8 Å². The van der Waals surface area contributed by atoms with Gasteiger partial charge >= 0.3 is 183 Å². The summed E-state index contributed by atoms with van der Waals surface area (Å²) in [7, 11) is 0. The summed E-state index contributed by atoms with van der Waals surface area (Å²) in [5.41, 5.74) is 3.48. The second-order valence-corrected chi connectivity index (χ2v) is 12.0. The maximum absolute atomic E-state index is 13.0. The third-order valence-corrected chi connectivity index (χ3v) is 10.9. The van der Waals surface area contributed by atoms with Crippen LogP contribution < -0.4 is 12.4 Å². The Hall–Kier alpha value is -0.576. The standard InChI is InChI=1S/C10H15.2C7H12O2.ClH.Ti/c1-7-6-10(4,5)9(3)8(7)2;2*8-7(9)6-4-2-1-3-5-6;;/h1-5H3;2*6H,1-5H2,(H,8,9);1H;/q;;;;+3/p-3. The molecule has 0 atom stereocenters. The molecule has 0 N–H and O–H groups in total. The third kappa shape index (κ3) is 5.42. The molecule has 0 spiro atoms. The fourth-order valence-corrected chi connectivity index (χ4v) is 8.49. The van der Waals surface area contributed by atoms with E-state index >= 15 is 0 Å². The zero-order valence-corrected chi connectivity index (χ0v) is 21.6. The molecule has 0 amide bonds. The van der Waals surface area contributed by atoms with Crippen LogP contribution in [0.5, 0.6) is 0 Å². The molecule has 0 aromatic heterocycles. The minimum atomic E-state index is -3.01. The molecule has 0 aliphatic heterocycles. The Kier molecular flexibility index (Phi) is 9.27. The van der Waals surface area contributed by atoms with Gasteiger partial charge in [0.1, 0.15) is 0 Å². The number of allylic oxidation sites excluding steroid dienone is 4. The summed E-state index contributed by atoms with van der Waals surface area (Å²) in [6, 6.07) is 0. The van der Waals surface area contributed by atoms with Gasteiger partial charge in [0.2, 0.25) is 0 Å². The van der Waals surface area contributed by atoms with Crippen LogP contribution in [0.1, 0.15) is 98.8 Å². The van der Waals surface area contributed by atoms with E-state index in [0.29, 0.717) is 0 Å². The Labute approximate surface area is 195 Å². The van der Waals surface area contributed by atoms with Crippen molar-refractivity contribution >= 4 is 11.9 Å². The molecule has 2 saturated carbocycles. The predicted molar refractivity (Wildman–Crippen MR) is 110 cm³/mol. The zero-order valence-electron chi connectivity index (χ0n) is 19.2. The first-order valence-electron chi connectivity index (χ1n) is 11.4. The Morgan fingerprint density at radius 1 is 0.767 bits per heavy atom. The number of halogens is 1. The average Bonchev–Trinajstić information content (AvgIpc) is 2.87. The van der Waals surface area contributed by atoms with Gasteiger partial charge in [0.05, 0.1) is 0 Å². The molecule has 3 rings (SSSR count). The molecule has 0 aromatic carbocycles. The van der Waals surface area contributed by atoms with Crippen LogP contribution in [0.4, 0.5) is 0 Å².